The van der Waals surface area contributed by atoms with Gasteiger partial charge in [-0.2, -0.15) is 0 Å². The fourth-order valence-electron chi connectivity index (χ4n) is 0.470. The number of hydrogen-bond acceptors (Lipinski definition) is 5. The van der Waals surface area contributed by atoms with Gasteiger partial charge in [-0.25, -0.2) is 0 Å². The van der Waals surface area contributed by atoms with Crippen LogP contribution in [-0.2, 0) is 14.2 Å². The highest BCUT2D eigenvalue weighted by atomic mass is 31.2. The normalized spacial score (nSPS) is 13.9. The Morgan fingerprint density at radius 2 is 2.00 bits per heavy atom. The maximum atomic E-state index is 8.46. The van der Waals surface area contributed by atoms with Gasteiger partial charge in [-0.05, 0) is 0 Å². The standard InChI is InChI=1S/C5H13O5P/c1-8-3-5(9-2)10-4-11(6)7/h5-7H,3-4H2,1-2H3. The van der Waals surface area contributed by atoms with E-state index in [1.807, 2.05) is 0 Å². The highest BCUT2D eigenvalue weighted by molar-refractivity contribution is 7.44. The summed E-state index contributed by atoms with van der Waals surface area (Å²) in [6.45, 7) is 0.277. The van der Waals surface area contributed by atoms with Gasteiger partial charge in [0.05, 0.1) is 6.61 Å². The van der Waals surface area contributed by atoms with Crippen LogP contribution in [0.3, 0.4) is 0 Å². The Labute approximate surface area is 66.8 Å². The maximum Gasteiger partial charge on any atom is 0.192 e. The highest BCUT2D eigenvalue weighted by Crippen LogP contribution is 2.22. The van der Waals surface area contributed by atoms with Gasteiger partial charge in [-0.1, -0.05) is 0 Å². The molecule has 6 heteroatoms. The largest absolute Gasteiger partial charge is 0.379 e. The minimum absolute atomic E-state index is 0.114. The molecule has 68 valence electrons. The summed E-state index contributed by atoms with van der Waals surface area (Å²) in [5, 5.41) is 0. The molecule has 0 aromatic rings. The third-order valence-corrected chi connectivity index (χ3v) is 1.32. The molecular weight excluding hydrogens is 171 g/mol. The first-order valence-corrected chi connectivity index (χ1v) is 4.42. The van der Waals surface area contributed by atoms with Crippen LogP contribution in [0.15, 0.2) is 0 Å². The summed E-state index contributed by atoms with van der Waals surface area (Å²) in [4.78, 5) is 16.9. The van der Waals surface area contributed by atoms with Crippen LogP contribution in [0, 0.1) is 0 Å². The van der Waals surface area contributed by atoms with Crippen molar-refractivity contribution in [2.45, 2.75) is 6.29 Å². The van der Waals surface area contributed by atoms with Crippen LogP contribution >= 0.6 is 8.38 Å². The molecule has 0 aliphatic rings. The van der Waals surface area contributed by atoms with Crippen molar-refractivity contribution in [3.8, 4) is 0 Å². The molecule has 0 fully saturated rings. The van der Waals surface area contributed by atoms with Crippen molar-refractivity contribution in [3.05, 3.63) is 0 Å². The van der Waals surface area contributed by atoms with E-state index >= 15 is 0 Å². The van der Waals surface area contributed by atoms with E-state index in [9.17, 15) is 0 Å². The molecule has 1 unspecified atom stereocenters. The monoisotopic (exact) mass is 184 g/mol. The molecular formula is C5H13O5P. The highest BCUT2D eigenvalue weighted by Gasteiger charge is 2.08. The zero-order valence-electron chi connectivity index (χ0n) is 6.56. The summed E-state index contributed by atoms with van der Waals surface area (Å²) < 4.78 is 14.4. The third-order valence-electron chi connectivity index (χ3n) is 0.942. The molecule has 0 saturated carbocycles. The second-order valence-electron chi connectivity index (χ2n) is 1.79. The topological polar surface area (TPSA) is 68.2 Å². The van der Waals surface area contributed by atoms with E-state index in [2.05, 4.69) is 0 Å². The lowest BCUT2D eigenvalue weighted by atomic mass is 10.7. The van der Waals surface area contributed by atoms with Gasteiger partial charge in [0.2, 0.25) is 0 Å². The van der Waals surface area contributed by atoms with Gasteiger partial charge in [0, 0.05) is 14.2 Å². The van der Waals surface area contributed by atoms with Crippen LogP contribution in [0.25, 0.3) is 0 Å². The minimum atomic E-state index is -2.01. The van der Waals surface area contributed by atoms with E-state index in [4.69, 9.17) is 24.0 Å². The summed E-state index contributed by atoms with van der Waals surface area (Å²) in [5.74, 6) is 0. The van der Waals surface area contributed by atoms with Crippen LogP contribution < -0.4 is 0 Å². The van der Waals surface area contributed by atoms with Gasteiger partial charge in [0.25, 0.3) is 0 Å². The molecule has 1 atom stereocenters. The van der Waals surface area contributed by atoms with Crippen molar-refractivity contribution in [3.63, 3.8) is 0 Å². The van der Waals surface area contributed by atoms with Gasteiger partial charge in [-0.3, -0.25) is 0 Å². The van der Waals surface area contributed by atoms with E-state index in [-0.39, 0.29) is 13.0 Å². The second-order valence-corrected chi connectivity index (χ2v) is 2.79. The number of ether oxygens (including phenoxy) is 3. The number of methoxy groups -OCH3 is 2. The lowest BCUT2D eigenvalue weighted by molar-refractivity contribution is -0.141. The van der Waals surface area contributed by atoms with E-state index in [0.29, 0.717) is 0 Å². The summed E-state index contributed by atoms with van der Waals surface area (Å²) in [6.07, 6.45) is -0.638. The first-order chi connectivity index (χ1) is 5.20. The maximum absolute atomic E-state index is 8.46. The zero-order valence-corrected chi connectivity index (χ0v) is 7.45. The Morgan fingerprint density at radius 3 is 2.36 bits per heavy atom. The first-order valence-electron chi connectivity index (χ1n) is 2.99. The minimum Gasteiger partial charge on any atom is -0.379 e. The van der Waals surface area contributed by atoms with Crippen molar-refractivity contribution in [1.82, 2.24) is 0 Å². The van der Waals surface area contributed by atoms with E-state index in [1.165, 1.54) is 14.2 Å². The molecule has 0 aromatic carbocycles. The molecule has 2 N–H and O–H groups in total. The van der Waals surface area contributed by atoms with Crippen LogP contribution in [0.4, 0.5) is 0 Å². The summed E-state index contributed by atoms with van der Waals surface area (Å²) in [6, 6.07) is 0. The summed E-state index contributed by atoms with van der Waals surface area (Å²) >= 11 is 0. The molecule has 11 heavy (non-hydrogen) atoms. The molecule has 0 aliphatic carbocycles. The Morgan fingerprint density at radius 1 is 1.36 bits per heavy atom. The van der Waals surface area contributed by atoms with Crippen molar-refractivity contribution in [1.29, 1.82) is 0 Å². The fourth-order valence-corrected chi connectivity index (χ4v) is 0.770. The van der Waals surface area contributed by atoms with Gasteiger partial charge in [0.1, 0.15) is 6.35 Å². The van der Waals surface area contributed by atoms with Crippen LogP contribution in [0.5, 0.6) is 0 Å². The van der Waals surface area contributed by atoms with Gasteiger partial charge in [-0.15, -0.1) is 0 Å². The quantitative estimate of drug-likeness (QED) is 0.444. The molecule has 5 nitrogen and oxygen atoms in total. The van der Waals surface area contributed by atoms with Gasteiger partial charge >= 0.3 is 0 Å². The van der Waals surface area contributed by atoms with Crippen LogP contribution in [0.2, 0.25) is 0 Å². The predicted octanol–water partition coefficient (Wildman–Crippen LogP) is -0.124. The summed E-state index contributed by atoms with van der Waals surface area (Å²) in [7, 11) is 0.962. The van der Waals surface area contributed by atoms with Crippen molar-refractivity contribution in [2.24, 2.45) is 0 Å². The fraction of sp³-hybridized carbons (Fsp3) is 1.00. The smallest absolute Gasteiger partial charge is 0.192 e. The molecule has 0 aliphatic heterocycles. The van der Waals surface area contributed by atoms with Crippen LogP contribution in [0.1, 0.15) is 0 Å². The SMILES string of the molecule is COCC(OC)OCP(O)O. The van der Waals surface area contributed by atoms with Crippen LogP contribution in [-0.4, -0.2) is 43.3 Å². The average molecular weight is 184 g/mol. The number of rotatable bonds is 6. The molecule has 0 saturated heterocycles. The lowest BCUT2D eigenvalue weighted by Crippen LogP contribution is -2.21. The van der Waals surface area contributed by atoms with Crippen molar-refractivity contribution >= 4 is 8.38 Å². The molecule has 0 amide bonds. The molecule has 0 aromatic heterocycles. The Bertz CT molecular complexity index is 88.9. The predicted molar refractivity (Wildman–Crippen MR) is 40.0 cm³/mol. The molecule has 0 rings (SSSR count). The molecule has 0 radical (unpaired) electrons. The lowest BCUT2D eigenvalue weighted by Gasteiger charge is -2.14. The third kappa shape index (κ3) is 6.62. The molecule has 0 spiro atoms. The molecule has 0 bridgehead atoms. The Balaban J connectivity index is 3.35. The van der Waals surface area contributed by atoms with E-state index < -0.39 is 14.7 Å². The first kappa shape index (κ1) is 11.2. The van der Waals surface area contributed by atoms with Gasteiger partial charge in [0.15, 0.2) is 14.7 Å². The zero-order chi connectivity index (χ0) is 8.69. The second kappa shape index (κ2) is 6.91. The Kier molecular flexibility index (Phi) is 7.06. The van der Waals surface area contributed by atoms with E-state index in [0.717, 1.165) is 0 Å². The van der Waals surface area contributed by atoms with Crippen molar-refractivity contribution < 1.29 is 24.0 Å². The average Bonchev–Trinajstić information content (AvgIpc) is 1.97. The Hall–Kier alpha value is 0.230. The number of hydrogen-bond donors (Lipinski definition) is 2. The van der Waals surface area contributed by atoms with E-state index in [1.54, 1.807) is 0 Å². The summed E-state index contributed by atoms with van der Waals surface area (Å²) in [5.41, 5.74) is 0. The van der Waals surface area contributed by atoms with Crippen molar-refractivity contribution in [2.75, 3.05) is 27.2 Å². The molecule has 0 heterocycles. The van der Waals surface area contributed by atoms with Gasteiger partial charge < -0.3 is 24.0 Å².